The Balaban J connectivity index is 2.40. The number of anilines is 1. The summed E-state index contributed by atoms with van der Waals surface area (Å²) in [7, 11) is 0. The first-order valence-corrected chi connectivity index (χ1v) is 5.89. The van der Waals surface area contributed by atoms with E-state index in [9.17, 15) is 14.7 Å². The van der Waals surface area contributed by atoms with Crippen molar-refractivity contribution in [2.24, 2.45) is 0 Å². The molecule has 0 fully saturated rings. The lowest BCUT2D eigenvalue weighted by molar-refractivity contribution is 0.0979. The van der Waals surface area contributed by atoms with Crippen LogP contribution in [-0.2, 0) is 0 Å². The monoisotopic (exact) mass is 273 g/mol. The van der Waals surface area contributed by atoms with Crippen molar-refractivity contribution in [3.8, 4) is 5.75 Å². The van der Waals surface area contributed by atoms with E-state index >= 15 is 0 Å². The SMILES string of the molecule is Nc1c(O)ccc2c1C(=O)c1cccc(Cl)c1C2=O. The lowest BCUT2D eigenvalue weighted by Crippen LogP contribution is -2.22. The fourth-order valence-electron chi connectivity index (χ4n) is 2.26. The highest BCUT2D eigenvalue weighted by Crippen LogP contribution is 2.37. The normalized spacial score (nSPS) is 13.1. The molecule has 0 amide bonds. The number of carbonyl (C=O) groups is 2. The van der Waals surface area contributed by atoms with E-state index < -0.39 is 5.78 Å². The number of fused-ring (bicyclic) bond motifs is 2. The molecule has 0 heterocycles. The Hall–Kier alpha value is -2.33. The lowest BCUT2D eigenvalue weighted by Gasteiger charge is -2.20. The molecule has 2 aromatic carbocycles. The minimum atomic E-state index is -0.402. The molecule has 0 unspecified atom stereocenters. The number of aromatic hydroxyl groups is 1. The molecule has 0 saturated carbocycles. The van der Waals surface area contributed by atoms with E-state index in [1.54, 1.807) is 12.1 Å². The Morgan fingerprint density at radius 3 is 2.32 bits per heavy atom. The number of rotatable bonds is 0. The van der Waals surface area contributed by atoms with Crippen molar-refractivity contribution < 1.29 is 14.7 Å². The molecule has 0 aliphatic heterocycles. The van der Waals surface area contributed by atoms with E-state index in [2.05, 4.69) is 0 Å². The van der Waals surface area contributed by atoms with Crippen LogP contribution in [0.5, 0.6) is 5.75 Å². The minimum absolute atomic E-state index is 0.0415. The fourth-order valence-corrected chi connectivity index (χ4v) is 2.52. The van der Waals surface area contributed by atoms with Crippen molar-refractivity contribution in [1.82, 2.24) is 0 Å². The highest BCUT2D eigenvalue weighted by atomic mass is 35.5. The quantitative estimate of drug-likeness (QED) is 0.487. The van der Waals surface area contributed by atoms with Crippen molar-refractivity contribution in [2.75, 3.05) is 5.73 Å². The Labute approximate surface area is 113 Å². The number of phenolic OH excluding ortho intramolecular Hbond substituents is 1. The molecule has 1 aliphatic carbocycles. The summed E-state index contributed by atoms with van der Waals surface area (Å²) < 4.78 is 0. The van der Waals surface area contributed by atoms with E-state index in [0.717, 1.165) is 0 Å². The van der Waals surface area contributed by atoms with Crippen molar-refractivity contribution >= 4 is 28.9 Å². The molecule has 0 aromatic heterocycles. The predicted molar refractivity (Wildman–Crippen MR) is 70.8 cm³/mol. The van der Waals surface area contributed by atoms with Crippen LogP contribution in [0.15, 0.2) is 30.3 Å². The Kier molecular flexibility index (Phi) is 2.37. The second kappa shape index (κ2) is 3.83. The Morgan fingerprint density at radius 2 is 1.58 bits per heavy atom. The van der Waals surface area contributed by atoms with Crippen LogP contribution in [0.4, 0.5) is 5.69 Å². The van der Waals surface area contributed by atoms with Gasteiger partial charge in [0.15, 0.2) is 11.6 Å². The third-order valence-electron chi connectivity index (χ3n) is 3.18. The van der Waals surface area contributed by atoms with Gasteiger partial charge in [0.2, 0.25) is 0 Å². The van der Waals surface area contributed by atoms with Crippen LogP contribution in [-0.4, -0.2) is 16.7 Å². The smallest absolute Gasteiger partial charge is 0.196 e. The third kappa shape index (κ3) is 1.47. The molecule has 0 radical (unpaired) electrons. The molecule has 3 rings (SSSR count). The van der Waals surface area contributed by atoms with E-state index in [1.807, 2.05) is 0 Å². The number of ketones is 2. The number of nitrogen functional groups attached to an aromatic ring is 1. The maximum Gasteiger partial charge on any atom is 0.196 e. The summed E-state index contributed by atoms with van der Waals surface area (Å²) in [6.07, 6.45) is 0. The maximum absolute atomic E-state index is 12.4. The number of halogens is 1. The van der Waals surface area contributed by atoms with Crippen molar-refractivity contribution in [3.63, 3.8) is 0 Å². The number of phenols is 1. The van der Waals surface area contributed by atoms with Gasteiger partial charge in [-0.25, -0.2) is 0 Å². The zero-order valence-electron chi connectivity index (χ0n) is 9.61. The Morgan fingerprint density at radius 1 is 0.947 bits per heavy atom. The molecular formula is C14H8ClNO3. The van der Waals surface area contributed by atoms with E-state index in [-0.39, 0.29) is 44.5 Å². The predicted octanol–water partition coefficient (Wildman–Crippen LogP) is 2.40. The van der Waals surface area contributed by atoms with Gasteiger partial charge in [0.1, 0.15) is 5.75 Å². The first kappa shape index (κ1) is 11.7. The summed E-state index contributed by atoms with van der Waals surface area (Å²) in [6, 6.07) is 7.35. The van der Waals surface area contributed by atoms with E-state index in [0.29, 0.717) is 0 Å². The van der Waals surface area contributed by atoms with Gasteiger partial charge in [0.05, 0.1) is 21.8 Å². The minimum Gasteiger partial charge on any atom is -0.506 e. The average Bonchev–Trinajstić information content (AvgIpc) is 2.39. The van der Waals surface area contributed by atoms with Gasteiger partial charge in [-0.15, -0.1) is 0 Å². The second-order valence-corrected chi connectivity index (χ2v) is 4.65. The zero-order chi connectivity index (χ0) is 13.7. The molecule has 1 aliphatic rings. The standard InChI is InChI=1S/C14H8ClNO3/c15-8-3-1-2-6-10(8)13(18)7-4-5-9(17)12(16)11(7)14(6)19/h1-5,17H,16H2. The topological polar surface area (TPSA) is 80.4 Å². The molecule has 3 N–H and O–H groups in total. The number of benzene rings is 2. The lowest BCUT2D eigenvalue weighted by atomic mass is 9.83. The van der Waals surface area contributed by atoms with Crippen LogP contribution in [0.3, 0.4) is 0 Å². The van der Waals surface area contributed by atoms with Crippen LogP contribution in [0.25, 0.3) is 0 Å². The average molecular weight is 274 g/mol. The molecule has 0 saturated heterocycles. The number of carbonyl (C=O) groups excluding carboxylic acids is 2. The van der Waals surface area contributed by atoms with E-state index in [1.165, 1.54) is 18.2 Å². The molecule has 0 bridgehead atoms. The first-order valence-electron chi connectivity index (χ1n) is 5.51. The molecule has 5 heteroatoms. The van der Waals surface area contributed by atoms with Crippen LogP contribution in [0, 0.1) is 0 Å². The maximum atomic E-state index is 12.4. The van der Waals surface area contributed by atoms with Crippen LogP contribution < -0.4 is 5.73 Å². The highest BCUT2D eigenvalue weighted by Gasteiger charge is 2.33. The molecule has 4 nitrogen and oxygen atoms in total. The zero-order valence-corrected chi connectivity index (χ0v) is 10.4. The first-order chi connectivity index (χ1) is 9.02. The van der Waals surface area contributed by atoms with Gasteiger partial charge >= 0.3 is 0 Å². The van der Waals surface area contributed by atoms with Gasteiger partial charge < -0.3 is 10.8 Å². The molecule has 2 aromatic rings. The van der Waals surface area contributed by atoms with Gasteiger partial charge in [0, 0.05) is 11.1 Å². The Bertz CT molecular complexity index is 753. The number of hydrogen-bond acceptors (Lipinski definition) is 4. The summed E-state index contributed by atoms with van der Waals surface area (Å²) in [5.74, 6) is -0.979. The largest absolute Gasteiger partial charge is 0.506 e. The summed E-state index contributed by atoms with van der Waals surface area (Å²) in [4.78, 5) is 24.7. The molecular weight excluding hydrogens is 266 g/mol. The summed E-state index contributed by atoms with van der Waals surface area (Å²) in [5, 5.41) is 9.80. The fraction of sp³-hybridized carbons (Fsp3) is 0. The van der Waals surface area contributed by atoms with Gasteiger partial charge in [-0.05, 0) is 18.2 Å². The molecule has 0 spiro atoms. The van der Waals surface area contributed by atoms with E-state index in [4.69, 9.17) is 17.3 Å². The molecule has 19 heavy (non-hydrogen) atoms. The molecule has 0 atom stereocenters. The number of hydrogen-bond donors (Lipinski definition) is 2. The van der Waals surface area contributed by atoms with Crippen molar-refractivity contribution in [2.45, 2.75) is 0 Å². The summed E-state index contributed by atoms with van der Waals surface area (Å²) in [6.45, 7) is 0. The number of nitrogens with two attached hydrogens (primary N) is 1. The van der Waals surface area contributed by atoms with Crippen molar-refractivity contribution in [1.29, 1.82) is 0 Å². The highest BCUT2D eigenvalue weighted by molar-refractivity contribution is 6.39. The van der Waals surface area contributed by atoms with Gasteiger partial charge in [-0.3, -0.25) is 9.59 Å². The van der Waals surface area contributed by atoms with Crippen molar-refractivity contribution in [3.05, 3.63) is 57.6 Å². The van der Waals surface area contributed by atoms with Gasteiger partial charge in [-0.2, -0.15) is 0 Å². The molecule has 94 valence electrons. The van der Waals surface area contributed by atoms with Crippen LogP contribution in [0.1, 0.15) is 31.8 Å². The van der Waals surface area contributed by atoms with Crippen LogP contribution >= 0.6 is 11.6 Å². The summed E-state index contributed by atoms with van der Waals surface area (Å²) in [5.41, 5.74) is 6.22. The van der Waals surface area contributed by atoms with Gasteiger partial charge in [-0.1, -0.05) is 23.7 Å². The summed E-state index contributed by atoms with van der Waals surface area (Å²) >= 11 is 5.99. The van der Waals surface area contributed by atoms with Crippen LogP contribution in [0.2, 0.25) is 5.02 Å². The second-order valence-electron chi connectivity index (χ2n) is 4.24. The van der Waals surface area contributed by atoms with Gasteiger partial charge in [0.25, 0.3) is 0 Å². The third-order valence-corrected chi connectivity index (χ3v) is 3.49.